The summed E-state index contributed by atoms with van der Waals surface area (Å²) in [6, 6.07) is 29.0. The van der Waals surface area contributed by atoms with Crippen LogP contribution < -0.4 is 5.32 Å². The van der Waals surface area contributed by atoms with E-state index in [1.54, 1.807) is 100 Å². The first-order valence-electron chi connectivity index (χ1n) is 28.3. The summed E-state index contributed by atoms with van der Waals surface area (Å²) in [6.07, 6.45) is -7.17. The van der Waals surface area contributed by atoms with Crippen molar-refractivity contribution >= 4 is 52.2 Å². The van der Waals surface area contributed by atoms with Crippen molar-refractivity contribution in [2.75, 3.05) is 6.61 Å². The summed E-state index contributed by atoms with van der Waals surface area (Å²) in [5.74, 6) is -5.83. The van der Waals surface area contributed by atoms with E-state index in [0.29, 0.717) is 65.8 Å². The monoisotopic (exact) mass is 1110 g/mol. The van der Waals surface area contributed by atoms with Crippen LogP contribution in [0.3, 0.4) is 0 Å². The van der Waals surface area contributed by atoms with Gasteiger partial charge in [-0.05, 0) is 104 Å². The first-order valence-corrected chi connectivity index (χ1v) is 33.4. The lowest BCUT2D eigenvalue weighted by Crippen LogP contribution is -2.82. The van der Waals surface area contributed by atoms with Gasteiger partial charge in [0.25, 0.3) is 5.91 Å². The molecule has 1 amide bonds. The number of hydrogen-bond donors (Lipinski definition) is 2. The van der Waals surface area contributed by atoms with Crippen LogP contribution in [0.2, 0.25) is 36.3 Å². The molecule has 0 radical (unpaired) electrons. The topological polar surface area (TPSA) is 199 Å². The summed E-state index contributed by atoms with van der Waals surface area (Å²) in [5.41, 5.74) is -5.84. The van der Waals surface area contributed by atoms with Gasteiger partial charge in [0.2, 0.25) is 0 Å². The second-order valence-corrected chi connectivity index (χ2v) is 32.6. The van der Waals surface area contributed by atoms with Crippen molar-refractivity contribution in [1.29, 1.82) is 0 Å². The number of aliphatic hydroxyl groups is 1. The summed E-state index contributed by atoms with van der Waals surface area (Å²) < 4.78 is 47.8. The van der Waals surface area contributed by atoms with Crippen molar-refractivity contribution in [3.63, 3.8) is 0 Å². The maximum absolute atomic E-state index is 16.8. The third-order valence-corrected chi connectivity index (χ3v) is 28.2. The van der Waals surface area contributed by atoms with E-state index in [1.165, 1.54) is 6.92 Å². The van der Waals surface area contributed by atoms with Crippen LogP contribution in [0.25, 0.3) is 0 Å². The average Bonchev–Trinajstić information content (AvgIpc) is 4.37. The summed E-state index contributed by atoms with van der Waals surface area (Å²) in [6.45, 7) is 20.1. The Morgan fingerprint density at radius 1 is 0.756 bits per heavy atom. The van der Waals surface area contributed by atoms with Gasteiger partial charge in [0.1, 0.15) is 23.9 Å². The fourth-order valence-electron chi connectivity index (χ4n) is 13.3. The largest absolute Gasteiger partial charge is 0.456 e. The molecule has 5 aliphatic rings. The van der Waals surface area contributed by atoms with E-state index in [2.05, 4.69) is 26.1 Å². The number of fused-ring (bicyclic) bond motifs is 5. The number of amides is 1. The molecule has 2 N–H and O–H groups in total. The summed E-state index contributed by atoms with van der Waals surface area (Å²) in [5, 5.41) is 17.7. The summed E-state index contributed by atoms with van der Waals surface area (Å²) >= 11 is 0. The number of ether oxygens (including phenoxy) is 5. The Labute approximate surface area is 462 Å². The second kappa shape index (κ2) is 23.0. The first-order chi connectivity index (χ1) is 37.1. The Morgan fingerprint density at radius 2 is 1.31 bits per heavy atom. The molecule has 3 saturated carbocycles. The molecule has 1 unspecified atom stereocenters. The lowest BCUT2D eigenvalue weighted by atomic mass is 9.44. The Bertz CT molecular complexity index is 2710. The van der Waals surface area contributed by atoms with Crippen LogP contribution >= 0.6 is 0 Å². The molecule has 0 spiro atoms. The quantitative estimate of drug-likeness (QED) is 0.0442. The molecule has 1 saturated heterocycles. The van der Waals surface area contributed by atoms with Crippen molar-refractivity contribution in [1.82, 2.24) is 5.32 Å². The van der Waals surface area contributed by atoms with Gasteiger partial charge in [-0.2, -0.15) is 0 Å². The van der Waals surface area contributed by atoms with E-state index < -0.39 is 135 Å². The zero-order chi connectivity index (χ0) is 56.6. The predicted octanol–water partition coefficient (Wildman–Crippen LogP) is 10.2. The van der Waals surface area contributed by atoms with Gasteiger partial charge < -0.3 is 43.0 Å². The predicted molar refractivity (Wildman–Crippen MR) is 297 cm³/mol. The van der Waals surface area contributed by atoms with Crippen LogP contribution in [0.4, 0.5) is 0 Å². The van der Waals surface area contributed by atoms with Crippen molar-refractivity contribution in [3.05, 3.63) is 119 Å². The molecule has 4 fully saturated rings. The zero-order valence-electron chi connectivity index (χ0n) is 47.4. The molecule has 1 heterocycles. The molecule has 11 atom stereocenters. The number of Topliss-reactive ketones (excluding diaryl/α,β-unsaturated/α-hetero) is 1. The number of nitrogens with one attached hydrogen (secondary N) is 1. The molecule has 4 aliphatic carbocycles. The third kappa shape index (κ3) is 10.5. The number of carbonyl (C=O) groups excluding carboxylic acids is 6. The maximum atomic E-state index is 16.8. The fraction of sp³-hybridized carbons (Fsp3) is 0.574. The smallest absolute Gasteiger partial charge is 0.338 e. The normalized spacial score (nSPS) is 29.2. The first kappa shape index (κ1) is 58.8. The zero-order valence-corrected chi connectivity index (χ0v) is 49.4. The molecule has 78 heavy (non-hydrogen) atoms. The number of ketones is 1. The second-order valence-electron chi connectivity index (χ2n) is 23.1. The lowest BCUT2D eigenvalue weighted by molar-refractivity contribution is -0.345. The van der Waals surface area contributed by atoms with Gasteiger partial charge in [-0.3, -0.25) is 19.2 Å². The van der Waals surface area contributed by atoms with Gasteiger partial charge in [0.15, 0.2) is 40.2 Å². The molecule has 1 aliphatic heterocycles. The van der Waals surface area contributed by atoms with Gasteiger partial charge >= 0.3 is 23.9 Å². The van der Waals surface area contributed by atoms with E-state index in [0.717, 1.165) is 0 Å². The molecule has 3 aromatic rings. The molecular formula is C61H81NO14Si2. The highest BCUT2D eigenvalue weighted by atomic mass is 28.4. The number of benzene rings is 3. The minimum atomic E-state index is -2.76. The Morgan fingerprint density at radius 3 is 1.82 bits per heavy atom. The number of hydrogen-bond acceptors (Lipinski definition) is 14. The van der Waals surface area contributed by atoms with Gasteiger partial charge in [0, 0.05) is 30.7 Å². The van der Waals surface area contributed by atoms with Crippen LogP contribution in [0.1, 0.15) is 134 Å². The highest BCUT2D eigenvalue weighted by molar-refractivity contribution is 6.74. The van der Waals surface area contributed by atoms with E-state index in [1.807, 2.05) is 39.0 Å². The summed E-state index contributed by atoms with van der Waals surface area (Å²) in [7, 11) is -5.41. The van der Waals surface area contributed by atoms with Crippen LogP contribution in [-0.4, -0.2) is 112 Å². The van der Waals surface area contributed by atoms with Crippen LogP contribution in [0, 0.1) is 22.7 Å². The van der Waals surface area contributed by atoms with Crippen molar-refractivity contribution in [2.24, 2.45) is 22.7 Å². The highest BCUT2D eigenvalue weighted by Gasteiger charge is 2.79. The van der Waals surface area contributed by atoms with E-state index in [4.69, 9.17) is 32.5 Å². The van der Waals surface area contributed by atoms with Gasteiger partial charge in [-0.25, -0.2) is 9.59 Å². The van der Waals surface area contributed by atoms with Crippen LogP contribution in [0.5, 0.6) is 0 Å². The third-order valence-electron chi connectivity index (χ3n) is 18.9. The number of carbonyl (C=O) groups is 6. The van der Waals surface area contributed by atoms with Crippen LogP contribution in [0.15, 0.2) is 102 Å². The molecule has 422 valence electrons. The van der Waals surface area contributed by atoms with Crippen molar-refractivity contribution in [3.8, 4) is 0 Å². The minimum absolute atomic E-state index is 0.112. The minimum Gasteiger partial charge on any atom is -0.456 e. The molecule has 15 nitrogen and oxygen atoms in total. The molecule has 2 bridgehead atoms. The lowest BCUT2D eigenvalue weighted by Gasteiger charge is -2.68. The number of rotatable bonds is 21. The maximum Gasteiger partial charge on any atom is 0.338 e. The van der Waals surface area contributed by atoms with Gasteiger partial charge in [0.05, 0.1) is 41.6 Å². The summed E-state index contributed by atoms with van der Waals surface area (Å²) in [4.78, 5) is 89.9. The van der Waals surface area contributed by atoms with Crippen molar-refractivity contribution < 1.29 is 66.4 Å². The molecule has 0 aromatic heterocycles. The number of esters is 4. The molecule has 3 aromatic carbocycles. The fourth-order valence-corrected chi connectivity index (χ4v) is 19.0. The van der Waals surface area contributed by atoms with Crippen molar-refractivity contribution in [2.45, 2.75) is 192 Å². The van der Waals surface area contributed by atoms with E-state index >= 15 is 14.4 Å². The Balaban J connectivity index is 1.36. The van der Waals surface area contributed by atoms with E-state index in [9.17, 15) is 19.5 Å². The Hall–Kier alpha value is -5.31. The highest BCUT2D eigenvalue weighted by Crippen LogP contribution is 2.65. The molecular weight excluding hydrogens is 1030 g/mol. The van der Waals surface area contributed by atoms with Crippen LogP contribution in [-0.2, 0) is 51.7 Å². The molecule has 8 rings (SSSR count). The van der Waals surface area contributed by atoms with Gasteiger partial charge in [-0.15, -0.1) is 0 Å². The van der Waals surface area contributed by atoms with Gasteiger partial charge in [-0.1, -0.05) is 122 Å². The standard InChI is InChI=1S/C61H81NO14Si2/c1-12-77(13-2,14-3)75-45-35-46-60(37-70-46,74-56(67)43-33-34-43)51-53(73-55(66)42-31-25-20-26-32-42)61(69)36-44(38(7)47(58(61,9)10)49(71-39(8)63)52(64)59(45,51)11)72-57(68)50(76-78(15-4,16-5)17-6)48(40-27-21-18-22-28-40)62-54(65)41-29-23-19-24-30-41/h18-32,43-46,48-51,53,69H,12-17,33-37H2,1-11H3,(H,62,65)/t44-,45-,46+,48-,49+,50+,51?,53-,59+,60-,61+/m0/s1. The molecule has 17 heteroatoms. The average molecular weight is 1110 g/mol. The SMILES string of the molecule is CC[Si](CC)(CC)O[C@H]1C[C@H]2OC[C@@]2(OC(=O)C2CC2)C2[C@H](OC(=O)c3ccccc3)[C@]3(O)C[C@H](OC(=O)[C@H](O[Si](CC)(CC)CC)[C@@H](NC(=O)c4ccccc4)c4ccccc4)C(C)=C([C@@H](OC(C)=O)C(=O)[C@@]21C)C3(C)C. The van der Waals surface area contributed by atoms with E-state index in [-0.39, 0.29) is 24.2 Å². The Kier molecular flexibility index (Phi) is 17.4.